The van der Waals surface area contributed by atoms with Crippen molar-refractivity contribution >= 4 is 5.91 Å². The van der Waals surface area contributed by atoms with Gasteiger partial charge in [-0.15, -0.1) is 5.10 Å². The molecule has 1 saturated carbocycles. The quantitative estimate of drug-likeness (QED) is 0.779. The van der Waals surface area contributed by atoms with E-state index in [1.807, 2.05) is 0 Å². The Morgan fingerprint density at radius 2 is 2.27 bits per heavy atom. The third kappa shape index (κ3) is 2.55. The molecular weight excluding hydrogens is 192 g/mol. The fraction of sp³-hybridized carbons (Fsp3) is 0.700. The number of nitrogens with one attached hydrogen (secondary N) is 2. The molecule has 1 aromatic rings. The van der Waals surface area contributed by atoms with Crippen LogP contribution >= 0.6 is 0 Å². The number of nitrogens with zero attached hydrogens (tertiary/aromatic N) is 2. The minimum atomic E-state index is -0.175. The lowest BCUT2D eigenvalue weighted by atomic mass is 10.1. The van der Waals surface area contributed by atoms with Crippen LogP contribution in [0.15, 0.2) is 0 Å². The van der Waals surface area contributed by atoms with Gasteiger partial charge < -0.3 is 5.32 Å². The van der Waals surface area contributed by atoms with Gasteiger partial charge >= 0.3 is 0 Å². The predicted octanol–water partition coefficient (Wildman–Crippen LogP) is 1.03. The Hall–Kier alpha value is -1.39. The Morgan fingerprint density at radius 3 is 2.87 bits per heavy atom. The zero-order valence-electron chi connectivity index (χ0n) is 8.92. The van der Waals surface area contributed by atoms with E-state index in [9.17, 15) is 4.79 Å². The highest BCUT2D eigenvalue weighted by molar-refractivity contribution is 5.90. The number of hydrogen-bond donors (Lipinski definition) is 2. The van der Waals surface area contributed by atoms with Crippen molar-refractivity contribution in [2.75, 3.05) is 6.54 Å². The van der Waals surface area contributed by atoms with Gasteiger partial charge in [-0.25, -0.2) is 4.98 Å². The van der Waals surface area contributed by atoms with E-state index in [1.165, 1.54) is 25.7 Å². The first kappa shape index (κ1) is 10.1. The summed E-state index contributed by atoms with van der Waals surface area (Å²) in [6.45, 7) is 2.53. The molecule has 0 radical (unpaired) electrons. The summed E-state index contributed by atoms with van der Waals surface area (Å²) in [6, 6.07) is 0. The molecule has 0 spiro atoms. The number of hydrogen-bond acceptors (Lipinski definition) is 3. The minimum absolute atomic E-state index is 0.175. The molecular formula is C10H16N4O. The van der Waals surface area contributed by atoms with E-state index < -0.39 is 0 Å². The monoisotopic (exact) mass is 208 g/mol. The molecule has 2 N–H and O–H groups in total. The third-order valence-electron chi connectivity index (χ3n) is 2.83. The van der Waals surface area contributed by atoms with Crippen molar-refractivity contribution in [3.63, 3.8) is 0 Å². The zero-order valence-corrected chi connectivity index (χ0v) is 8.92. The molecule has 0 saturated heterocycles. The number of aromatic nitrogens is 3. The number of rotatable bonds is 3. The van der Waals surface area contributed by atoms with Crippen molar-refractivity contribution in [2.45, 2.75) is 32.6 Å². The second kappa shape index (κ2) is 4.42. The van der Waals surface area contributed by atoms with Gasteiger partial charge in [0.15, 0.2) is 0 Å². The van der Waals surface area contributed by atoms with E-state index in [1.54, 1.807) is 6.92 Å². The van der Waals surface area contributed by atoms with E-state index in [-0.39, 0.29) is 11.7 Å². The number of aryl methyl sites for hydroxylation is 1. The Morgan fingerprint density at radius 1 is 1.53 bits per heavy atom. The first-order valence-electron chi connectivity index (χ1n) is 5.43. The molecule has 0 aliphatic heterocycles. The van der Waals surface area contributed by atoms with Crippen LogP contribution in [-0.2, 0) is 0 Å². The lowest BCUT2D eigenvalue weighted by Crippen LogP contribution is -2.29. The van der Waals surface area contributed by atoms with Gasteiger partial charge in [-0.3, -0.25) is 9.89 Å². The SMILES string of the molecule is Cc1nc(C(=O)NCC2CCCC2)n[nH]1. The van der Waals surface area contributed by atoms with E-state index in [2.05, 4.69) is 20.5 Å². The molecule has 15 heavy (non-hydrogen) atoms. The van der Waals surface area contributed by atoms with Crippen molar-refractivity contribution in [1.82, 2.24) is 20.5 Å². The molecule has 5 nitrogen and oxygen atoms in total. The van der Waals surface area contributed by atoms with Crippen LogP contribution < -0.4 is 5.32 Å². The van der Waals surface area contributed by atoms with Crippen LogP contribution in [0.25, 0.3) is 0 Å². The third-order valence-corrected chi connectivity index (χ3v) is 2.83. The molecule has 0 bridgehead atoms. The van der Waals surface area contributed by atoms with E-state index in [0.717, 1.165) is 6.54 Å². The van der Waals surface area contributed by atoms with Crippen LogP contribution in [-0.4, -0.2) is 27.6 Å². The standard InChI is InChI=1S/C10H16N4O/c1-7-12-9(14-13-7)10(15)11-6-8-4-2-3-5-8/h8H,2-6H2,1H3,(H,11,15)(H,12,13,14). The summed E-state index contributed by atoms with van der Waals surface area (Å²) in [7, 11) is 0. The van der Waals surface area contributed by atoms with Gasteiger partial charge in [0.25, 0.3) is 5.91 Å². The van der Waals surface area contributed by atoms with Gasteiger partial charge in [0.05, 0.1) is 0 Å². The second-order valence-electron chi connectivity index (χ2n) is 4.10. The normalized spacial score (nSPS) is 16.9. The molecule has 0 unspecified atom stereocenters. The van der Waals surface area contributed by atoms with E-state index in [4.69, 9.17) is 0 Å². The Kier molecular flexibility index (Phi) is 2.99. The van der Waals surface area contributed by atoms with Gasteiger partial charge in [0, 0.05) is 6.54 Å². The molecule has 1 aliphatic rings. The summed E-state index contributed by atoms with van der Waals surface area (Å²) in [6.07, 6.45) is 5.04. The molecule has 1 heterocycles. The van der Waals surface area contributed by atoms with Gasteiger partial charge in [-0.05, 0) is 25.7 Å². The van der Waals surface area contributed by atoms with Crippen molar-refractivity contribution in [3.8, 4) is 0 Å². The average Bonchev–Trinajstić information content (AvgIpc) is 2.84. The number of carbonyl (C=O) groups is 1. The van der Waals surface area contributed by atoms with Gasteiger partial charge in [-0.2, -0.15) is 0 Å². The van der Waals surface area contributed by atoms with Crippen molar-refractivity contribution < 1.29 is 4.79 Å². The summed E-state index contributed by atoms with van der Waals surface area (Å²) >= 11 is 0. The maximum absolute atomic E-state index is 11.6. The number of amides is 1. The highest BCUT2D eigenvalue weighted by Crippen LogP contribution is 2.23. The Bertz CT molecular complexity index is 341. The number of aromatic amines is 1. The largest absolute Gasteiger partial charge is 0.349 e. The minimum Gasteiger partial charge on any atom is -0.349 e. The van der Waals surface area contributed by atoms with Crippen molar-refractivity contribution in [3.05, 3.63) is 11.6 Å². The molecule has 1 amide bonds. The lowest BCUT2D eigenvalue weighted by molar-refractivity contribution is 0.0937. The molecule has 5 heteroatoms. The molecule has 82 valence electrons. The number of H-pyrrole nitrogens is 1. The van der Waals surface area contributed by atoms with Crippen LogP contribution in [0, 0.1) is 12.8 Å². The summed E-state index contributed by atoms with van der Waals surface area (Å²) in [5, 5.41) is 9.34. The maximum atomic E-state index is 11.6. The topological polar surface area (TPSA) is 70.7 Å². The molecule has 1 aromatic heterocycles. The predicted molar refractivity (Wildman–Crippen MR) is 55.4 cm³/mol. The summed E-state index contributed by atoms with van der Waals surface area (Å²) in [4.78, 5) is 15.5. The summed E-state index contributed by atoms with van der Waals surface area (Å²) in [5.41, 5.74) is 0. The highest BCUT2D eigenvalue weighted by Gasteiger charge is 2.17. The first-order chi connectivity index (χ1) is 7.25. The summed E-state index contributed by atoms with van der Waals surface area (Å²) < 4.78 is 0. The molecule has 0 atom stereocenters. The smallest absolute Gasteiger partial charge is 0.290 e. The van der Waals surface area contributed by atoms with Crippen LogP contribution in [0.4, 0.5) is 0 Å². The van der Waals surface area contributed by atoms with Gasteiger partial charge in [0.2, 0.25) is 5.82 Å². The molecule has 0 aromatic carbocycles. The maximum Gasteiger partial charge on any atom is 0.290 e. The van der Waals surface area contributed by atoms with Crippen LogP contribution in [0.2, 0.25) is 0 Å². The van der Waals surface area contributed by atoms with Gasteiger partial charge in [0.1, 0.15) is 5.82 Å². The molecule has 1 aliphatic carbocycles. The first-order valence-corrected chi connectivity index (χ1v) is 5.43. The second-order valence-corrected chi connectivity index (χ2v) is 4.10. The van der Waals surface area contributed by atoms with E-state index in [0.29, 0.717) is 11.7 Å². The van der Waals surface area contributed by atoms with Crippen molar-refractivity contribution in [1.29, 1.82) is 0 Å². The highest BCUT2D eigenvalue weighted by atomic mass is 16.2. The molecule has 1 fully saturated rings. The Balaban J connectivity index is 1.81. The average molecular weight is 208 g/mol. The molecule has 2 rings (SSSR count). The van der Waals surface area contributed by atoms with E-state index >= 15 is 0 Å². The van der Waals surface area contributed by atoms with Crippen LogP contribution in [0.5, 0.6) is 0 Å². The van der Waals surface area contributed by atoms with Crippen LogP contribution in [0.3, 0.4) is 0 Å². The van der Waals surface area contributed by atoms with Crippen molar-refractivity contribution in [2.24, 2.45) is 5.92 Å². The fourth-order valence-corrected chi connectivity index (χ4v) is 1.97. The lowest BCUT2D eigenvalue weighted by Gasteiger charge is -2.08. The fourth-order valence-electron chi connectivity index (χ4n) is 1.97. The Labute approximate surface area is 88.7 Å². The van der Waals surface area contributed by atoms with Gasteiger partial charge in [-0.1, -0.05) is 12.8 Å². The van der Waals surface area contributed by atoms with Crippen LogP contribution in [0.1, 0.15) is 42.1 Å². The summed E-state index contributed by atoms with van der Waals surface area (Å²) in [5.74, 6) is 1.38. The number of carbonyl (C=O) groups excluding carboxylic acids is 1. The zero-order chi connectivity index (χ0) is 10.7.